The van der Waals surface area contributed by atoms with Gasteiger partial charge in [-0.2, -0.15) is 0 Å². The highest BCUT2D eigenvalue weighted by Crippen LogP contribution is 2.45. The average Bonchev–Trinajstić information content (AvgIpc) is 3.39. The van der Waals surface area contributed by atoms with E-state index >= 15 is 0 Å². The molecule has 6 heteroatoms. The summed E-state index contributed by atoms with van der Waals surface area (Å²) >= 11 is 0. The van der Waals surface area contributed by atoms with Crippen LogP contribution in [0.1, 0.15) is 35.8 Å². The zero-order chi connectivity index (χ0) is 23.7. The van der Waals surface area contributed by atoms with Crippen molar-refractivity contribution in [1.82, 2.24) is 9.47 Å². The Hall–Kier alpha value is -3.67. The SMILES string of the molecule is C=CC(C)COc1ccc(C(=O)N2CCC3(CC2)Oc2ccccc2-n2cccc23)cc1OC. The van der Waals surface area contributed by atoms with E-state index in [1.807, 2.05) is 42.2 Å². The van der Waals surface area contributed by atoms with Gasteiger partial charge in [0.1, 0.15) is 5.75 Å². The van der Waals surface area contributed by atoms with Crippen molar-refractivity contribution in [2.45, 2.75) is 25.4 Å². The first-order valence-electron chi connectivity index (χ1n) is 11.7. The number of fused-ring (bicyclic) bond motifs is 4. The number of methoxy groups -OCH3 is 1. The Kier molecular flexibility index (Phi) is 5.82. The summed E-state index contributed by atoms with van der Waals surface area (Å²) in [4.78, 5) is 15.2. The number of hydrogen-bond acceptors (Lipinski definition) is 4. The van der Waals surface area contributed by atoms with Gasteiger partial charge in [-0.25, -0.2) is 0 Å². The van der Waals surface area contributed by atoms with E-state index in [0.717, 1.165) is 30.0 Å². The predicted octanol–water partition coefficient (Wildman–Crippen LogP) is 5.21. The van der Waals surface area contributed by atoms with Gasteiger partial charge in [0.05, 0.1) is 25.1 Å². The summed E-state index contributed by atoms with van der Waals surface area (Å²) in [5.41, 5.74) is 2.38. The van der Waals surface area contributed by atoms with Crippen LogP contribution >= 0.6 is 0 Å². The Labute approximate surface area is 200 Å². The van der Waals surface area contributed by atoms with Crippen molar-refractivity contribution in [3.63, 3.8) is 0 Å². The fourth-order valence-electron chi connectivity index (χ4n) is 4.79. The lowest BCUT2D eigenvalue weighted by atomic mass is 9.86. The quantitative estimate of drug-likeness (QED) is 0.476. The van der Waals surface area contributed by atoms with Gasteiger partial charge in [0.25, 0.3) is 5.91 Å². The van der Waals surface area contributed by atoms with Crippen molar-refractivity contribution >= 4 is 5.91 Å². The molecule has 2 aromatic carbocycles. The number of aromatic nitrogens is 1. The van der Waals surface area contributed by atoms with E-state index in [2.05, 4.69) is 35.5 Å². The van der Waals surface area contributed by atoms with E-state index < -0.39 is 5.60 Å². The number of para-hydroxylation sites is 2. The van der Waals surface area contributed by atoms with Crippen molar-refractivity contribution in [1.29, 1.82) is 0 Å². The first kappa shape index (κ1) is 22.1. The minimum atomic E-state index is -0.425. The van der Waals surface area contributed by atoms with Gasteiger partial charge >= 0.3 is 0 Å². The van der Waals surface area contributed by atoms with Crippen LogP contribution in [-0.4, -0.2) is 42.2 Å². The minimum Gasteiger partial charge on any atom is -0.493 e. The third-order valence-corrected chi connectivity index (χ3v) is 6.82. The number of carbonyl (C=O) groups excluding carboxylic acids is 1. The second-order valence-corrected chi connectivity index (χ2v) is 9.01. The molecule has 0 aliphatic carbocycles. The van der Waals surface area contributed by atoms with E-state index in [9.17, 15) is 4.79 Å². The molecule has 1 fully saturated rings. The standard InChI is InChI=1S/C28H30N2O4/c1-4-20(2)19-33-24-12-11-21(18-25(24)32-3)27(31)29-16-13-28(14-17-29)26-10-7-15-30(26)22-8-5-6-9-23(22)34-28/h4-12,15,18,20H,1,13-14,16-17,19H2,2-3H3. The van der Waals surface area contributed by atoms with Crippen molar-refractivity contribution in [3.8, 4) is 22.9 Å². The monoisotopic (exact) mass is 458 g/mol. The number of carbonyl (C=O) groups is 1. The Balaban J connectivity index is 1.31. The lowest BCUT2D eigenvalue weighted by molar-refractivity contribution is -0.00931. The lowest BCUT2D eigenvalue weighted by Crippen LogP contribution is -2.50. The fourth-order valence-corrected chi connectivity index (χ4v) is 4.79. The number of hydrogen-bond donors (Lipinski definition) is 0. The van der Waals surface area contributed by atoms with Crippen molar-refractivity contribution in [3.05, 3.63) is 84.7 Å². The number of amides is 1. The van der Waals surface area contributed by atoms with Crippen LogP contribution in [0.4, 0.5) is 0 Å². The van der Waals surface area contributed by atoms with Gasteiger partial charge in [0.15, 0.2) is 17.1 Å². The number of benzene rings is 2. The molecule has 1 unspecified atom stereocenters. The zero-order valence-electron chi connectivity index (χ0n) is 19.7. The Bertz CT molecular complexity index is 1210. The first-order valence-corrected chi connectivity index (χ1v) is 11.7. The summed E-state index contributed by atoms with van der Waals surface area (Å²) in [6.07, 6.45) is 5.39. The van der Waals surface area contributed by atoms with E-state index in [4.69, 9.17) is 14.2 Å². The van der Waals surface area contributed by atoms with Gasteiger partial charge in [-0.3, -0.25) is 4.79 Å². The maximum absolute atomic E-state index is 13.3. The zero-order valence-corrected chi connectivity index (χ0v) is 19.7. The first-order chi connectivity index (χ1) is 16.5. The molecule has 1 saturated heterocycles. The molecule has 6 nitrogen and oxygen atoms in total. The molecule has 1 aromatic heterocycles. The molecule has 1 atom stereocenters. The van der Waals surface area contributed by atoms with Crippen LogP contribution in [0.15, 0.2) is 73.4 Å². The van der Waals surface area contributed by atoms with E-state index in [1.54, 1.807) is 19.2 Å². The van der Waals surface area contributed by atoms with E-state index in [-0.39, 0.29) is 11.8 Å². The topological polar surface area (TPSA) is 52.9 Å². The number of ether oxygens (including phenoxy) is 3. The maximum atomic E-state index is 13.3. The molecule has 0 saturated carbocycles. The Morgan fingerprint density at radius 1 is 1.15 bits per heavy atom. The highest BCUT2D eigenvalue weighted by molar-refractivity contribution is 5.95. The van der Waals surface area contributed by atoms with Gasteiger partial charge in [-0.15, -0.1) is 6.58 Å². The Morgan fingerprint density at radius 3 is 2.71 bits per heavy atom. The number of nitrogens with zero attached hydrogens (tertiary/aromatic N) is 2. The fraction of sp³-hybridized carbons (Fsp3) is 0.321. The highest BCUT2D eigenvalue weighted by atomic mass is 16.5. The highest BCUT2D eigenvalue weighted by Gasteiger charge is 2.44. The third kappa shape index (κ3) is 3.83. The number of piperidine rings is 1. The summed E-state index contributed by atoms with van der Waals surface area (Å²) in [6, 6.07) is 17.7. The summed E-state index contributed by atoms with van der Waals surface area (Å²) in [5, 5.41) is 0. The molecule has 2 aliphatic rings. The van der Waals surface area contributed by atoms with Gasteiger partial charge in [-0.05, 0) is 42.5 Å². The van der Waals surface area contributed by atoms with Gasteiger partial charge < -0.3 is 23.7 Å². The summed E-state index contributed by atoms with van der Waals surface area (Å²) in [6.45, 7) is 7.55. The van der Waals surface area contributed by atoms with Crippen LogP contribution in [0.25, 0.3) is 5.69 Å². The van der Waals surface area contributed by atoms with Crippen LogP contribution in [0.5, 0.6) is 17.2 Å². The maximum Gasteiger partial charge on any atom is 0.253 e. The predicted molar refractivity (Wildman–Crippen MR) is 131 cm³/mol. The average molecular weight is 459 g/mol. The third-order valence-electron chi connectivity index (χ3n) is 6.82. The molecule has 34 heavy (non-hydrogen) atoms. The summed E-state index contributed by atoms with van der Waals surface area (Å²) in [7, 11) is 1.59. The lowest BCUT2D eigenvalue weighted by Gasteiger charge is -2.45. The van der Waals surface area contributed by atoms with E-state index in [0.29, 0.717) is 36.8 Å². The summed E-state index contributed by atoms with van der Waals surface area (Å²) in [5.74, 6) is 2.28. The molecule has 3 aromatic rings. The van der Waals surface area contributed by atoms with Gasteiger partial charge in [-0.1, -0.05) is 25.1 Å². The second kappa shape index (κ2) is 8.93. The molecule has 0 radical (unpaired) electrons. The van der Waals surface area contributed by atoms with Crippen LogP contribution in [0, 0.1) is 5.92 Å². The van der Waals surface area contributed by atoms with Crippen molar-refractivity contribution in [2.24, 2.45) is 5.92 Å². The molecule has 5 rings (SSSR count). The molecule has 1 spiro atoms. The van der Waals surface area contributed by atoms with Crippen molar-refractivity contribution < 1.29 is 19.0 Å². The minimum absolute atomic E-state index is 0.00856. The van der Waals surface area contributed by atoms with Gasteiger partial charge in [0.2, 0.25) is 0 Å². The molecule has 1 amide bonds. The smallest absolute Gasteiger partial charge is 0.253 e. The number of likely N-dealkylation sites (tertiary alicyclic amines) is 1. The molecule has 176 valence electrons. The molecular formula is C28H30N2O4. The summed E-state index contributed by atoms with van der Waals surface area (Å²) < 4.78 is 20.1. The van der Waals surface area contributed by atoms with Crippen LogP contribution in [0.3, 0.4) is 0 Å². The van der Waals surface area contributed by atoms with Crippen LogP contribution in [-0.2, 0) is 5.60 Å². The van der Waals surface area contributed by atoms with E-state index in [1.165, 1.54) is 0 Å². The van der Waals surface area contributed by atoms with Gasteiger partial charge in [0, 0.05) is 43.6 Å². The van der Waals surface area contributed by atoms with Crippen LogP contribution in [0.2, 0.25) is 0 Å². The molecule has 3 heterocycles. The molecule has 2 aliphatic heterocycles. The number of rotatable bonds is 6. The van der Waals surface area contributed by atoms with Crippen molar-refractivity contribution in [2.75, 3.05) is 26.8 Å². The molecule has 0 bridgehead atoms. The molecular weight excluding hydrogens is 428 g/mol. The normalized spacial score (nSPS) is 16.7. The second-order valence-electron chi connectivity index (χ2n) is 9.01. The largest absolute Gasteiger partial charge is 0.493 e. The van der Waals surface area contributed by atoms with Crippen LogP contribution < -0.4 is 14.2 Å². The Morgan fingerprint density at radius 2 is 1.94 bits per heavy atom. The molecule has 0 N–H and O–H groups in total.